The van der Waals surface area contributed by atoms with Crippen molar-refractivity contribution >= 4 is 5.88 Å². The van der Waals surface area contributed by atoms with Crippen LogP contribution < -0.4 is 10.2 Å². The molecule has 0 bridgehead atoms. The lowest BCUT2D eigenvalue weighted by atomic mass is 10.2. The average molecular weight is 224 g/mol. The van der Waals surface area contributed by atoms with Crippen molar-refractivity contribution in [3.63, 3.8) is 0 Å². The Bertz CT molecular complexity index is 319. The Labute approximate surface area is 96.6 Å². The Balaban J connectivity index is 1.76. The Hall–Kier alpha value is -1.00. The van der Waals surface area contributed by atoms with E-state index in [1.54, 1.807) is 0 Å². The largest absolute Gasteiger partial charge is 0.446 e. The fourth-order valence-electron chi connectivity index (χ4n) is 1.89. The number of anilines is 1. The molecular formula is C12H20N2O2. The van der Waals surface area contributed by atoms with E-state index in [9.17, 15) is 0 Å². The second kappa shape index (κ2) is 5.37. The van der Waals surface area contributed by atoms with E-state index in [2.05, 4.69) is 17.3 Å². The zero-order valence-electron chi connectivity index (χ0n) is 10.0. The standard InChI is InChI=1S/C12H20N2O2/c1-10-3-4-12(16-10)14(2)7-5-11-9-15-8-6-13-11/h3-4,11,13H,5-9H2,1-2H3. The van der Waals surface area contributed by atoms with Crippen LogP contribution in [0.4, 0.5) is 5.88 Å². The molecule has 1 unspecified atom stereocenters. The van der Waals surface area contributed by atoms with Crippen LogP contribution >= 0.6 is 0 Å². The van der Waals surface area contributed by atoms with Gasteiger partial charge in [0.1, 0.15) is 5.76 Å². The van der Waals surface area contributed by atoms with E-state index in [1.807, 2.05) is 19.1 Å². The molecule has 1 aromatic rings. The molecule has 4 nitrogen and oxygen atoms in total. The second-order valence-corrected chi connectivity index (χ2v) is 4.32. The minimum absolute atomic E-state index is 0.479. The Morgan fingerprint density at radius 2 is 2.38 bits per heavy atom. The Morgan fingerprint density at radius 3 is 3.00 bits per heavy atom. The molecule has 0 spiro atoms. The predicted molar refractivity (Wildman–Crippen MR) is 63.9 cm³/mol. The van der Waals surface area contributed by atoms with E-state index in [4.69, 9.17) is 9.15 Å². The molecule has 1 saturated heterocycles. The highest BCUT2D eigenvalue weighted by atomic mass is 16.5. The summed E-state index contributed by atoms with van der Waals surface area (Å²) >= 11 is 0. The van der Waals surface area contributed by atoms with Crippen LogP contribution in [0.3, 0.4) is 0 Å². The summed E-state index contributed by atoms with van der Waals surface area (Å²) in [5.74, 6) is 1.90. The number of morpholine rings is 1. The zero-order valence-corrected chi connectivity index (χ0v) is 10.0. The molecule has 0 aromatic carbocycles. The first-order chi connectivity index (χ1) is 7.75. The van der Waals surface area contributed by atoms with Crippen LogP contribution in [0.25, 0.3) is 0 Å². The number of aryl methyl sites for hydroxylation is 1. The first kappa shape index (κ1) is 11.5. The average Bonchev–Trinajstić information content (AvgIpc) is 2.74. The van der Waals surface area contributed by atoms with Crippen molar-refractivity contribution in [1.82, 2.24) is 5.32 Å². The molecule has 2 heterocycles. The van der Waals surface area contributed by atoms with Crippen LogP contribution in [0.1, 0.15) is 12.2 Å². The highest BCUT2D eigenvalue weighted by molar-refractivity contribution is 5.34. The summed E-state index contributed by atoms with van der Waals surface area (Å²) in [6.45, 7) is 5.57. The lowest BCUT2D eigenvalue weighted by molar-refractivity contribution is 0.0748. The summed E-state index contributed by atoms with van der Waals surface area (Å²) in [4.78, 5) is 2.14. The van der Waals surface area contributed by atoms with E-state index in [0.29, 0.717) is 6.04 Å². The molecule has 1 aromatic heterocycles. The van der Waals surface area contributed by atoms with E-state index in [1.165, 1.54) is 0 Å². The highest BCUT2D eigenvalue weighted by Crippen LogP contribution is 2.16. The number of nitrogens with zero attached hydrogens (tertiary/aromatic N) is 1. The van der Waals surface area contributed by atoms with Crippen LogP contribution in [-0.2, 0) is 4.74 Å². The van der Waals surface area contributed by atoms with Gasteiger partial charge in [-0.15, -0.1) is 0 Å². The fraction of sp³-hybridized carbons (Fsp3) is 0.667. The summed E-state index contributed by atoms with van der Waals surface area (Å²) in [6.07, 6.45) is 1.08. The number of hydrogen-bond donors (Lipinski definition) is 1. The van der Waals surface area contributed by atoms with Crippen molar-refractivity contribution in [2.24, 2.45) is 0 Å². The summed E-state index contributed by atoms with van der Waals surface area (Å²) in [7, 11) is 2.06. The van der Waals surface area contributed by atoms with Gasteiger partial charge in [0, 0.05) is 32.2 Å². The molecular weight excluding hydrogens is 204 g/mol. The maximum absolute atomic E-state index is 5.56. The van der Waals surface area contributed by atoms with Crippen molar-refractivity contribution in [3.05, 3.63) is 17.9 Å². The molecule has 1 fully saturated rings. The van der Waals surface area contributed by atoms with Gasteiger partial charge in [0.2, 0.25) is 0 Å². The fourth-order valence-corrected chi connectivity index (χ4v) is 1.89. The maximum atomic E-state index is 5.56. The first-order valence-corrected chi connectivity index (χ1v) is 5.84. The van der Waals surface area contributed by atoms with Gasteiger partial charge in [-0.05, 0) is 19.4 Å². The lowest BCUT2D eigenvalue weighted by Gasteiger charge is -2.25. The van der Waals surface area contributed by atoms with Gasteiger partial charge >= 0.3 is 0 Å². The van der Waals surface area contributed by atoms with Crippen LogP contribution in [0.15, 0.2) is 16.5 Å². The number of hydrogen-bond acceptors (Lipinski definition) is 4. The van der Waals surface area contributed by atoms with Crippen LogP contribution in [0.5, 0.6) is 0 Å². The molecule has 1 N–H and O–H groups in total. The second-order valence-electron chi connectivity index (χ2n) is 4.32. The van der Waals surface area contributed by atoms with Gasteiger partial charge in [-0.25, -0.2) is 0 Å². The molecule has 0 amide bonds. The van der Waals surface area contributed by atoms with Crippen molar-refractivity contribution in [2.75, 3.05) is 38.3 Å². The van der Waals surface area contributed by atoms with Gasteiger partial charge in [0.15, 0.2) is 5.88 Å². The Kier molecular flexibility index (Phi) is 3.85. The van der Waals surface area contributed by atoms with E-state index < -0.39 is 0 Å². The van der Waals surface area contributed by atoms with E-state index >= 15 is 0 Å². The molecule has 1 atom stereocenters. The van der Waals surface area contributed by atoms with Crippen LogP contribution in [-0.4, -0.2) is 39.4 Å². The Morgan fingerprint density at radius 1 is 1.50 bits per heavy atom. The molecule has 2 rings (SSSR count). The molecule has 0 radical (unpaired) electrons. The molecule has 0 aliphatic carbocycles. The van der Waals surface area contributed by atoms with Gasteiger partial charge in [-0.2, -0.15) is 0 Å². The lowest BCUT2D eigenvalue weighted by Crippen LogP contribution is -2.42. The van der Waals surface area contributed by atoms with Crippen molar-refractivity contribution in [3.8, 4) is 0 Å². The molecule has 16 heavy (non-hydrogen) atoms. The van der Waals surface area contributed by atoms with Crippen molar-refractivity contribution < 1.29 is 9.15 Å². The number of furan rings is 1. The van der Waals surface area contributed by atoms with Gasteiger partial charge < -0.3 is 19.4 Å². The first-order valence-electron chi connectivity index (χ1n) is 5.84. The monoisotopic (exact) mass is 224 g/mol. The molecule has 1 aliphatic heterocycles. The molecule has 4 heteroatoms. The van der Waals surface area contributed by atoms with Crippen LogP contribution in [0, 0.1) is 6.92 Å². The van der Waals surface area contributed by atoms with Gasteiger partial charge in [0.25, 0.3) is 0 Å². The minimum atomic E-state index is 0.479. The van der Waals surface area contributed by atoms with Crippen molar-refractivity contribution in [2.45, 2.75) is 19.4 Å². The minimum Gasteiger partial charge on any atom is -0.446 e. The third-order valence-corrected chi connectivity index (χ3v) is 2.91. The quantitative estimate of drug-likeness (QED) is 0.839. The third-order valence-electron chi connectivity index (χ3n) is 2.91. The number of ether oxygens (including phenoxy) is 1. The van der Waals surface area contributed by atoms with E-state index in [0.717, 1.165) is 44.4 Å². The maximum Gasteiger partial charge on any atom is 0.195 e. The summed E-state index contributed by atoms with van der Waals surface area (Å²) in [6, 6.07) is 4.49. The topological polar surface area (TPSA) is 37.6 Å². The van der Waals surface area contributed by atoms with Gasteiger partial charge in [0.05, 0.1) is 13.2 Å². The zero-order chi connectivity index (χ0) is 11.4. The molecule has 1 aliphatic rings. The predicted octanol–water partition coefficient (Wildman–Crippen LogP) is 1.40. The normalized spacial score (nSPS) is 21.0. The van der Waals surface area contributed by atoms with Gasteiger partial charge in [-0.3, -0.25) is 0 Å². The highest BCUT2D eigenvalue weighted by Gasteiger charge is 2.14. The summed E-state index contributed by atoms with van der Waals surface area (Å²) in [5, 5.41) is 3.45. The third kappa shape index (κ3) is 3.00. The summed E-state index contributed by atoms with van der Waals surface area (Å²) < 4.78 is 11.0. The molecule has 90 valence electrons. The molecule has 0 saturated carbocycles. The smallest absolute Gasteiger partial charge is 0.195 e. The van der Waals surface area contributed by atoms with Gasteiger partial charge in [-0.1, -0.05) is 0 Å². The van der Waals surface area contributed by atoms with Crippen molar-refractivity contribution in [1.29, 1.82) is 0 Å². The number of nitrogens with one attached hydrogen (secondary N) is 1. The number of rotatable bonds is 4. The SMILES string of the molecule is Cc1ccc(N(C)CCC2COCCN2)o1. The van der Waals surface area contributed by atoms with E-state index in [-0.39, 0.29) is 0 Å². The van der Waals surface area contributed by atoms with Crippen LogP contribution in [0.2, 0.25) is 0 Å². The summed E-state index contributed by atoms with van der Waals surface area (Å²) in [5.41, 5.74) is 0.